The topological polar surface area (TPSA) is 16.1 Å². The number of piperidine rings is 1. The average molecular weight is 264 g/mol. The molecule has 1 unspecified atom stereocenters. The number of hydrogen-bond donors (Lipinski definition) is 0. The van der Waals surface area contributed by atoms with Crippen LogP contribution >= 0.6 is 0 Å². The molecule has 1 aromatic heterocycles. The Morgan fingerprint density at radius 2 is 2.10 bits per heavy atom. The van der Waals surface area contributed by atoms with Crippen LogP contribution in [0.2, 0.25) is 0 Å². The average Bonchev–Trinajstić information content (AvgIpc) is 2.46. The number of hydrogen-bond acceptors (Lipinski definition) is 2. The first kappa shape index (κ1) is 12.1. The molecular weight excluding hydrogens is 244 g/mol. The van der Waals surface area contributed by atoms with Crippen molar-refractivity contribution in [3.05, 3.63) is 48.2 Å². The molecule has 2 nitrogen and oxygen atoms in total. The van der Waals surface area contributed by atoms with E-state index in [4.69, 9.17) is 0 Å². The fourth-order valence-electron chi connectivity index (χ4n) is 3.82. The van der Waals surface area contributed by atoms with Gasteiger partial charge in [-0.05, 0) is 49.6 Å². The maximum Gasteiger partial charge on any atom is 0.0708 e. The number of rotatable bonds is 1. The lowest BCUT2D eigenvalue weighted by Crippen LogP contribution is -2.45. The SMILES string of the molecule is CN1C2CCC[C@H]1C=C(c1cccc3ncccc13)C2. The quantitative estimate of drug-likeness (QED) is 0.777. The molecule has 4 rings (SSSR count). The minimum Gasteiger partial charge on any atom is -0.297 e. The number of benzene rings is 1. The highest BCUT2D eigenvalue weighted by Crippen LogP contribution is 2.37. The third kappa shape index (κ3) is 1.87. The molecular formula is C18H20N2. The number of likely N-dealkylation sites (N-methyl/N-ethyl adjacent to an activating group) is 1. The Morgan fingerprint density at radius 1 is 1.15 bits per heavy atom. The number of pyridine rings is 1. The molecule has 2 heteroatoms. The predicted molar refractivity (Wildman–Crippen MR) is 83.5 cm³/mol. The molecule has 1 saturated heterocycles. The van der Waals surface area contributed by atoms with E-state index in [-0.39, 0.29) is 0 Å². The second-order valence-electron chi connectivity index (χ2n) is 6.09. The fourth-order valence-corrected chi connectivity index (χ4v) is 3.82. The fraction of sp³-hybridized carbons (Fsp3) is 0.389. The number of nitrogens with zero attached hydrogens (tertiary/aromatic N) is 2. The van der Waals surface area contributed by atoms with Gasteiger partial charge in [-0.3, -0.25) is 9.88 Å². The molecule has 102 valence electrons. The second kappa shape index (κ2) is 4.71. The molecule has 2 aliphatic heterocycles. The van der Waals surface area contributed by atoms with E-state index in [9.17, 15) is 0 Å². The van der Waals surface area contributed by atoms with Crippen LogP contribution in [0.3, 0.4) is 0 Å². The Labute approximate surface area is 120 Å². The molecule has 3 heterocycles. The van der Waals surface area contributed by atoms with Crippen molar-refractivity contribution in [1.29, 1.82) is 0 Å². The first-order chi connectivity index (χ1) is 9.83. The van der Waals surface area contributed by atoms with Crippen molar-refractivity contribution in [2.75, 3.05) is 7.05 Å². The number of aromatic nitrogens is 1. The molecule has 1 fully saturated rings. The Morgan fingerprint density at radius 3 is 3.00 bits per heavy atom. The molecule has 2 aromatic rings. The van der Waals surface area contributed by atoms with Gasteiger partial charge in [-0.25, -0.2) is 0 Å². The summed E-state index contributed by atoms with van der Waals surface area (Å²) < 4.78 is 0. The van der Waals surface area contributed by atoms with Gasteiger partial charge in [0.1, 0.15) is 0 Å². The predicted octanol–water partition coefficient (Wildman–Crippen LogP) is 3.87. The molecule has 2 atom stereocenters. The smallest absolute Gasteiger partial charge is 0.0708 e. The summed E-state index contributed by atoms with van der Waals surface area (Å²) in [7, 11) is 2.28. The molecule has 2 aliphatic rings. The highest BCUT2D eigenvalue weighted by molar-refractivity contribution is 5.92. The Hall–Kier alpha value is -1.67. The zero-order chi connectivity index (χ0) is 13.5. The Bertz CT molecular complexity index is 669. The van der Waals surface area contributed by atoms with E-state index in [1.807, 2.05) is 12.3 Å². The summed E-state index contributed by atoms with van der Waals surface area (Å²) in [5, 5.41) is 1.30. The highest BCUT2D eigenvalue weighted by Gasteiger charge is 2.31. The van der Waals surface area contributed by atoms with Crippen LogP contribution in [-0.4, -0.2) is 29.0 Å². The van der Waals surface area contributed by atoms with Crippen molar-refractivity contribution in [3.8, 4) is 0 Å². The van der Waals surface area contributed by atoms with E-state index in [0.29, 0.717) is 6.04 Å². The lowest BCUT2D eigenvalue weighted by Gasteiger charge is -2.43. The zero-order valence-electron chi connectivity index (χ0n) is 11.9. The van der Waals surface area contributed by atoms with Crippen LogP contribution in [0.25, 0.3) is 16.5 Å². The molecule has 0 saturated carbocycles. The third-order valence-electron chi connectivity index (χ3n) is 4.98. The van der Waals surface area contributed by atoms with Crippen LogP contribution in [-0.2, 0) is 0 Å². The van der Waals surface area contributed by atoms with Crippen LogP contribution in [0.4, 0.5) is 0 Å². The normalized spacial score (nSPS) is 26.6. The lowest BCUT2D eigenvalue weighted by atomic mass is 9.82. The minimum absolute atomic E-state index is 0.629. The van der Waals surface area contributed by atoms with Gasteiger partial charge in [0, 0.05) is 23.7 Å². The first-order valence-electron chi connectivity index (χ1n) is 7.60. The van der Waals surface area contributed by atoms with Gasteiger partial charge in [-0.2, -0.15) is 0 Å². The van der Waals surface area contributed by atoms with Crippen molar-refractivity contribution in [3.63, 3.8) is 0 Å². The molecule has 0 aliphatic carbocycles. The third-order valence-corrected chi connectivity index (χ3v) is 4.98. The molecule has 1 aromatic carbocycles. The molecule has 0 spiro atoms. The largest absolute Gasteiger partial charge is 0.297 e. The van der Waals surface area contributed by atoms with Crippen molar-refractivity contribution >= 4 is 16.5 Å². The number of fused-ring (bicyclic) bond motifs is 3. The highest BCUT2D eigenvalue weighted by atomic mass is 15.2. The first-order valence-corrected chi connectivity index (χ1v) is 7.60. The van der Waals surface area contributed by atoms with Crippen LogP contribution in [0.5, 0.6) is 0 Å². The Balaban J connectivity index is 1.84. The summed E-state index contributed by atoms with van der Waals surface area (Å²) in [6.07, 6.45) is 9.58. The van der Waals surface area contributed by atoms with Crippen molar-refractivity contribution in [1.82, 2.24) is 9.88 Å². The summed E-state index contributed by atoms with van der Waals surface area (Å²) in [5.74, 6) is 0. The second-order valence-corrected chi connectivity index (χ2v) is 6.09. The van der Waals surface area contributed by atoms with Gasteiger partial charge >= 0.3 is 0 Å². The van der Waals surface area contributed by atoms with Crippen LogP contribution in [0.15, 0.2) is 42.6 Å². The van der Waals surface area contributed by atoms with E-state index >= 15 is 0 Å². The molecule has 0 amide bonds. The zero-order valence-corrected chi connectivity index (χ0v) is 11.9. The van der Waals surface area contributed by atoms with Crippen LogP contribution in [0.1, 0.15) is 31.2 Å². The molecule has 20 heavy (non-hydrogen) atoms. The van der Waals surface area contributed by atoms with Gasteiger partial charge in [-0.15, -0.1) is 0 Å². The molecule has 0 radical (unpaired) electrons. The summed E-state index contributed by atoms with van der Waals surface area (Å²) in [5.41, 5.74) is 4.02. The van der Waals surface area contributed by atoms with Gasteiger partial charge in [0.2, 0.25) is 0 Å². The standard InChI is InChI=1S/C18H20N2/c1-20-14-5-2-6-15(20)12-13(11-14)16-7-3-9-18-17(16)8-4-10-19-18/h3-4,7-11,14-15H,2,5-6,12H2,1H3/t14-,15?/m0/s1. The van der Waals surface area contributed by atoms with Crippen LogP contribution in [0, 0.1) is 0 Å². The molecule has 0 N–H and O–H groups in total. The van der Waals surface area contributed by atoms with Crippen molar-refractivity contribution in [2.45, 2.75) is 37.8 Å². The summed E-state index contributed by atoms with van der Waals surface area (Å²) in [6.45, 7) is 0. The van der Waals surface area contributed by atoms with E-state index in [2.05, 4.69) is 47.3 Å². The van der Waals surface area contributed by atoms with Gasteiger partial charge in [-0.1, -0.05) is 30.7 Å². The minimum atomic E-state index is 0.629. The summed E-state index contributed by atoms with van der Waals surface area (Å²) >= 11 is 0. The summed E-state index contributed by atoms with van der Waals surface area (Å²) in [4.78, 5) is 7.05. The van der Waals surface area contributed by atoms with E-state index < -0.39 is 0 Å². The summed E-state index contributed by atoms with van der Waals surface area (Å²) in [6, 6.07) is 12.1. The lowest BCUT2D eigenvalue weighted by molar-refractivity contribution is 0.137. The van der Waals surface area contributed by atoms with E-state index in [1.165, 1.54) is 42.2 Å². The monoisotopic (exact) mass is 264 g/mol. The maximum absolute atomic E-state index is 4.49. The maximum atomic E-state index is 4.49. The van der Waals surface area contributed by atoms with E-state index in [1.54, 1.807) is 0 Å². The van der Waals surface area contributed by atoms with E-state index in [0.717, 1.165) is 11.6 Å². The molecule has 2 bridgehead atoms. The van der Waals surface area contributed by atoms with Gasteiger partial charge < -0.3 is 0 Å². The van der Waals surface area contributed by atoms with Gasteiger partial charge in [0.05, 0.1) is 5.52 Å². The van der Waals surface area contributed by atoms with Gasteiger partial charge in [0.15, 0.2) is 0 Å². The Kier molecular flexibility index (Phi) is 2.85. The van der Waals surface area contributed by atoms with Crippen LogP contribution < -0.4 is 0 Å². The van der Waals surface area contributed by atoms with Crippen molar-refractivity contribution < 1.29 is 0 Å². The van der Waals surface area contributed by atoms with Gasteiger partial charge in [0.25, 0.3) is 0 Å². The van der Waals surface area contributed by atoms with Crippen molar-refractivity contribution in [2.24, 2.45) is 0 Å².